The van der Waals surface area contributed by atoms with E-state index in [-0.39, 0.29) is 29.5 Å². The van der Waals surface area contributed by atoms with Gasteiger partial charge in [0, 0.05) is 52.0 Å². The third-order valence-corrected chi connectivity index (χ3v) is 5.11. The number of halogens is 1. The van der Waals surface area contributed by atoms with Crippen molar-refractivity contribution in [3.63, 3.8) is 0 Å². The van der Waals surface area contributed by atoms with Crippen LogP contribution in [0, 0.1) is 0 Å². The van der Waals surface area contributed by atoms with Crippen molar-refractivity contribution in [2.45, 2.75) is 52.1 Å². The van der Waals surface area contributed by atoms with Crippen LogP contribution in [-0.4, -0.2) is 56.3 Å². The van der Waals surface area contributed by atoms with Gasteiger partial charge in [-0.1, -0.05) is 24.3 Å². The molecule has 0 radical (unpaired) electrons. The Balaban J connectivity index is 0.00000364. The van der Waals surface area contributed by atoms with E-state index < -0.39 is 0 Å². The molecule has 2 N–H and O–H groups in total. The van der Waals surface area contributed by atoms with Crippen molar-refractivity contribution < 1.29 is 4.74 Å². The van der Waals surface area contributed by atoms with Gasteiger partial charge in [-0.15, -0.1) is 24.0 Å². The van der Waals surface area contributed by atoms with Gasteiger partial charge < -0.3 is 15.4 Å². The average molecular weight is 488 g/mol. The fraction of sp³-hybridized carbons (Fsp3) is 0.667. The summed E-state index contributed by atoms with van der Waals surface area (Å²) in [6, 6.07) is 8.80. The molecule has 2 rings (SSSR count). The minimum absolute atomic E-state index is 0. The minimum atomic E-state index is 0. The Morgan fingerprint density at radius 1 is 1.19 bits per heavy atom. The molecule has 6 heteroatoms. The predicted octanol–water partition coefficient (Wildman–Crippen LogP) is 3.42. The Morgan fingerprint density at radius 3 is 2.63 bits per heavy atom. The molecule has 1 heterocycles. The van der Waals surface area contributed by atoms with Gasteiger partial charge in [0.1, 0.15) is 0 Å². The zero-order valence-electron chi connectivity index (χ0n) is 17.4. The molecule has 0 atom stereocenters. The molecule has 0 saturated carbocycles. The van der Waals surface area contributed by atoms with Crippen LogP contribution in [0.5, 0.6) is 0 Å². The molecule has 0 bridgehead atoms. The van der Waals surface area contributed by atoms with Crippen LogP contribution in [0.4, 0.5) is 0 Å². The van der Waals surface area contributed by atoms with Gasteiger partial charge in [-0.25, -0.2) is 0 Å². The third-order valence-electron chi connectivity index (χ3n) is 5.11. The molecule has 0 unspecified atom stereocenters. The van der Waals surface area contributed by atoms with Gasteiger partial charge in [-0.2, -0.15) is 0 Å². The minimum Gasteiger partial charge on any atom is -0.382 e. The van der Waals surface area contributed by atoms with Gasteiger partial charge in [-0.05, 0) is 51.2 Å². The Hall–Kier alpha value is -0.860. The van der Waals surface area contributed by atoms with Gasteiger partial charge in [0.25, 0.3) is 0 Å². The lowest BCUT2D eigenvalue weighted by molar-refractivity contribution is 0.107. The molecule has 154 valence electrons. The van der Waals surface area contributed by atoms with Gasteiger partial charge in [-0.3, -0.25) is 9.89 Å². The van der Waals surface area contributed by atoms with Crippen LogP contribution < -0.4 is 10.6 Å². The molecule has 1 aromatic rings. The maximum atomic E-state index is 5.37. The number of unbranched alkanes of at least 4 members (excludes halogenated alkanes) is 1. The van der Waals surface area contributed by atoms with Gasteiger partial charge >= 0.3 is 0 Å². The fourth-order valence-electron chi connectivity index (χ4n) is 3.33. The highest BCUT2D eigenvalue weighted by molar-refractivity contribution is 14.0. The maximum absolute atomic E-state index is 5.37. The number of nitrogens with zero attached hydrogens (tertiary/aromatic N) is 2. The molecular weight excluding hydrogens is 451 g/mol. The first-order valence-electron chi connectivity index (χ1n) is 9.91. The Bertz CT molecular complexity index is 577. The van der Waals surface area contributed by atoms with E-state index in [1.54, 1.807) is 0 Å². The molecule has 27 heavy (non-hydrogen) atoms. The quantitative estimate of drug-likeness (QED) is 0.242. The summed E-state index contributed by atoms with van der Waals surface area (Å²) in [5.41, 5.74) is 3.03. The first kappa shape index (κ1) is 24.2. The van der Waals surface area contributed by atoms with Crippen molar-refractivity contribution >= 4 is 29.9 Å². The Labute approximate surface area is 182 Å². The zero-order chi connectivity index (χ0) is 18.8. The standard InChI is InChI=1S/C21H36N4O.HI/c1-5-26-15-9-8-13-23-20(22-4)24-17-21(2,3)25-14-12-18-10-6-7-11-19(18)16-25;/h6-7,10-11H,5,8-9,12-17H2,1-4H3,(H2,22,23,24);1H. The number of hydrogen-bond acceptors (Lipinski definition) is 3. The summed E-state index contributed by atoms with van der Waals surface area (Å²) >= 11 is 0. The number of aliphatic imine (C=N–C) groups is 1. The van der Waals surface area contributed by atoms with E-state index in [4.69, 9.17) is 4.74 Å². The van der Waals surface area contributed by atoms with Gasteiger partial charge in [0.15, 0.2) is 5.96 Å². The molecular formula is C21H37IN4O. The van der Waals surface area contributed by atoms with Crippen LogP contribution in [-0.2, 0) is 17.7 Å². The summed E-state index contributed by atoms with van der Waals surface area (Å²) in [6.45, 7) is 12.2. The lowest BCUT2D eigenvalue weighted by Crippen LogP contribution is -2.54. The van der Waals surface area contributed by atoms with Crippen LogP contribution >= 0.6 is 24.0 Å². The number of rotatable bonds is 9. The largest absolute Gasteiger partial charge is 0.382 e. The number of ether oxygens (including phenoxy) is 1. The molecule has 1 aromatic carbocycles. The molecule has 0 aliphatic carbocycles. The number of hydrogen-bond donors (Lipinski definition) is 2. The summed E-state index contributed by atoms with van der Waals surface area (Å²) in [6.07, 6.45) is 3.30. The van der Waals surface area contributed by atoms with Crippen molar-refractivity contribution in [1.82, 2.24) is 15.5 Å². The molecule has 0 aromatic heterocycles. The molecule has 0 saturated heterocycles. The highest BCUT2D eigenvalue weighted by atomic mass is 127. The summed E-state index contributed by atoms with van der Waals surface area (Å²) in [5, 5.41) is 6.90. The number of fused-ring (bicyclic) bond motifs is 1. The van der Waals surface area contributed by atoms with Crippen LogP contribution in [0.3, 0.4) is 0 Å². The van der Waals surface area contributed by atoms with E-state index in [1.807, 2.05) is 14.0 Å². The highest BCUT2D eigenvalue weighted by Gasteiger charge is 2.29. The third kappa shape index (κ3) is 7.95. The van der Waals surface area contributed by atoms with E-state index in [2.05, 4.69) is 58.6 Å². The zero-order valence-corrected chi connectivity index (χ0v) is 19.7. The first-order chi connectivity index (χ1) is 12.6. The average Bonchev–Trinajstić information content (AvgIpc) is 2.66. The molecule has 1 aliphatic heterocycles. The lowest BCUT2D eigenvalue weighted by Gasteiger charge is -2.42. The van der Waals surface area contributed by atoms with Crippen molar-refractivity contribution in [1.29, 1.82) is 0 Å². The maximum Gasteiger partial charge on any atom is 0.191 e. The summed E-state index contributed by atoms with van der Waals surface area (Å²) < 4.78 is 5.37. The van der Waals surface area contributed by atoms with Crippen molar-refractivity contribution in [3.05, 3.63) is 35.4 Å². The molecule has 5 nitrogen and oxygen atoms in total. The van der Waals surface area contributed by atoms with E-state index in [1.165, 1.54) is 11.1 Å². The Morgan fingerprint density at radius 2 is 1.93 bits per heavy atom. The number of benzene rings is 1. The number of nitrogens with one attached hydrogen (secondary N) is 2. The van der Waals surface area contributed by atoms with Crippen molar-refractivity contribution in [2.75, 3.05) is 39.9 Å². The van der Waals surface area contributed by atoms with Gasteiger partial charge in [0.05, 0.1) is 0 Å². The predicted molar refractivity (Wildman–Crippen MR) is 125 cm³/mol. The molecule has 1 aliphatic rings. The van der Waals surface area contributed by atoms with E-state index >= 15 is 0 Å². The number of guanidine groups is 1. The van der Waals surface area contributed by atoms with Crippen LogP contribution in [0.25, 0.3) is 0 Å². The summed E-state index contributed by atoms with van der Waals surface area (Å²) in [7, 11) is 1.83. The highest BCUT2D eigenvalue weighted by Crippen LogP contribution is 2.24. The SMILES string of the molecule is CCOCCCCNC(=NC)NCC(C)(C)N1CCc2ccccc2C1.I. The van der Waals surface area contributed by atoms with Gasteiger partial charge in [0.2, 0.25) is 0 Å². The topological polar surface area (TPSA) is 48.9 Å². The Kier molecular flexibility index (Phi) is 11.3. The second-order valence-electron chi connectivity index (χ2n) is 7.51. The van der Waals surface area contributed by atoms with Crippen LogP contribution in [0.1, 0.15) is 44.7 Å². The fourth-order valence-corrected chi connectivity index (χ4v) is 3.33. The normalized spacial score (nSPS) is 15.0. The van der Waals surface area contributed by atoms with Crippen molar-refractivity contribution in [3.8, 4) is 0 Å². The first-order valence-corrected chi connectivity index (χ1v) is 9.91. The van der Waals surface area contributed by atoms with E-state index in [0.717, 1.165) is 64.6 Å². The van der Waals surface area contributed by atoms with Crippen LogP contribution in [0.15, 0.2) is 29.3 Å². The van der Waals surface area contributed by atoms with Crippen LogP contribution in [0.2, 0.25) is 0 Å². The summed E-state index contributed by atoms with van der Waals surface area (Å²) in [4.78, 5) is 6.92. The monoisotopic (exact) mass is 488 g/mol. The smallest absolute Gasteiger partial charge is 0.191 e. The second kappa shape index (κ2) is 12.6. The van der Waals surface area contributed by atoms with E-state index in [0.29, 0.717) is 0 Å². The summed E-state index contributed by atoms with van der Waals surface area (Å²) in [5.74, 6) is 0.881. The molecule has 0 spiro atoms. The molecule has 0 amide bonds. The lowest BCUT2D eigenvalue weighted by atomic mass is 9.94. The van der Waals surface area contributed by atoms with Crippen molar-refractivity contribution in [2.24, 2.45) is 4.99 Å². The molecule has 0 fully saturated rings. The second-order valence-corrected chi connectivity index (χ2v) is 7.51. The van der Waals surface area contributed by atoms with E-state index in [9.17, 15) is 0 Å².